The summed E-state index contributed by atoms with van der Waals surface area (Å²) in [4.78, 5) is 9.10. The van der Waals surface area contributed by atoms with E-state index in [2.05, 4.69) is 28.7 Å². The van der Waals surface area contributed by atoms with Gasteiger partial charge >= 0.3 is 6.18 Å². The number of piperazine rings is 1. The first-order valence-corrected chi connectivity index (χ1v) is 9.00. The van der Waals surface area contributed by atoms with E-state index in [1.807, 2.05) is 11.0 Å². The zero-order valence-corrected chi connectivity index (χ0v) is 17.9. The number of guanidine groups is 1. The normalized spacial score (nSPS) is 19.3. The number of halogens is 4. The van der Waals surface area contributed by atoms with Crippen LogP contribution in [0.25, 0.3) is 0 Å². The summed E-state index contributed by atoms with van der Waals surface area (Å²) in [5, 5.41) is 5.40. The van der Waals surface area contributed by atoms with E-state index in [9.17, 15) is 13.2 Å². The van der Waals surface area contributed by atoms with Crippen molar-refractivity contribution in [2.24, 2.45) is 4.99 Å². The molecule has 2 heterocycles. The molecule has 1 saturated heterocycles. The summed E-state index contributed by atoms with van der Waals surface area (Å²) in [7, 11) is 1.71. The molecule has 25 heavy (non-hydrogen) atoms. The predicted molar refractivity (Wildman–Crippen MR) is 108 cm³/mol. The molecule has 1 aromatic rings. The summed E-state index contributed by atoms with van der Waals surface area (Å²) >= 11 is 1.72. The molecule has 1 N–H and O–H groups in total. The van der Waals surface area contributed by atoms with Crippen LogP contribution in [0.5, 0.6) is 0 Å². The number of aliphatic imine (C=N–C) groups is 1. The van der Waals surface area contributed by atoms with E-state index in [0.29, 0.717) is 32.1 Å². The standard InChI is InChI=1S/C16H25F3N4S.HI/c1-12(14-5-4-10-24-14)11-21-15(20-3)23-8-6-22(7-9-23)13(2)16(17,18)19;/h4-5,10,12-13H,6-9,11H2,1-3H3,(H,20,21);1H. The van der Waals surface area contributed by atoms with Gasteiger partial charge in [-0.15, -0.1) is 35.3 Å². The molecule has 1 aliphatic rings. The van der Waals surface area contributed by atoms with Crippen LogP contribution < -0.4 is 5.32 Å². The molecule has 0 aromatic carbocycles. The van der Waals surface area contributed by atoms with Gasteiger partial charge in [-0.1, -0.05) is 13.0 Å². The molecule has 9 heteroatoms. The minimum absolute atomic E-state index is 0. The number of hydrogen-bond donors (Lipinski definition) is 1. The molecule has 1 aliphatic heterocycles. The topological polar surface area (TPSA) is 30.9 Å². The van der Waals surface area contributed by atoms with Crippen molar-refractivity contribution >= 4 is 41.3 Å². The van der Waals surface area contributed by atoms with Gasteiger partial charge in [0.2, 0.25) is 0 Å². The van der Waals surface area contributed by atoms with Crippen LogP contribution in [0.2, 0.25) is 0 Å². The molecule has 1 fully saturated rings. The number of alkyl halides is 3. The van der Waals surface area contributed by atoms with Crippen LogP contribution in [0, 0.1) is 0 Å². The van der Waals surface area contributed by atoms with E-state index >= 15 is 0 Å². The molecule has 0 saturated carbocycles. The second-order valence-electron chi connectivity index (χ2n) is 6.09. The lowest BCUT2D eigenvalue weighted by Gasteiger charge is -2.39. The second kappa shape index (κ2) is 9.96. The van der Waals surface area contributed by atoms with Crippen LogP contribution in [0.1, 0.15) is 24.6 Å². The van der Waals surface area contributed by atoms with Crippen molar-refractivity contribution in [2.45, 2.75) is 32.0 Å². The Balaban J connectivity index is 0.00000312. The number of nitrogens with zero attached hydrogens (tertiary/aromatic N) is 3. The number of hydrogen-bond acceptors (Lipinski definition) is 3. The zero-order valence-electron chi connectivity index (χ0n) is 14.7. The monoisotopic (exact) mass is 490 g/mol. The van der Waals surface area contributed by atoms with Crippen molar-refractivity contribution in [2.75, 3.05) is 39.8 Å². The first-order valence-electron chi connectivity index (χ1n) is 8.12. The maximum absolute atomic E-state index is 12.8. The van der Waals surface area contributed by atoms with E-state index in [4.69, 9.17) is 0 Å². The van der Waals surface area contributed by atoms with Gasteiger partial charge < -0.3 is 10.2 Å². The molecule has 0 bridgehead atoms. The van der Waals surface area contributed by atoms with E-state index in [1.54, 1.807) is 18.4 Å². The van der Waals surface area contributed by atoms with Crippen LogP contribution in [-0.2, 0) is 0 Å². The van der Waals surface area contributed by atoms with Crippen molar-refractivity contribution in [3.63, 3.8) is 0 Å². The molecule has 2 unspecified atom stereocenters. The highest BCUT2D eigenvalue weighted by Gasteiger charge is 2.41. The Hall–Kier alpha value is -0.550. The quantitative estimate of drug-likeness (QED) is 0.398. The van der Waals surface area contributed by atoms with E-state index < -0.39 is 12.2 Å². The summed E-state index contributed by atoms with van der Waals surface area (Å²) < 4.78 is 38.4. The highest BCUT2D eigenvalue weighted by Crippen LogP contribution is 2.25. The summed E-state index contributed by atoms with van der Waals surface area (Å²) in [6.45, 7) is 6.01. The molecular formula is C16H26F3IN4S. The van der Waals surface area contributed by atoms with Gasteiger partial charge in [0.05, 0.1) is 0 Å². The van der Waals surface area contributed by atoms with Gasteiger partial charge in [-0.25, -0.2) is 0 Å². The van der Waals surface area contributed by atoms with Crippen molar-refractivity contribution in [3.8, 4) is 0 Å². The average molecular weight is 490 g/mol. The Morgan fingerprint density at radius 3 is 2.40 bits per heavy atom. The summed E-state index contributed by atoms with van der Waals surface area (Å²) in [5.41, 5.74) is 0. The van der Waals surface area contributed by atoms with Gasteiger partial charge in [0.1, 0.15) is 6.04 Å². The summed E-state index contributed by atoms with van der Waals surface area (Å²) in [6, 6.07) is 2.75. The van der Waals surface area contributed by atoms with E-state index in [0.717, 1.165) is 12.5 Å². The average Bonchev–Trinajstić information content (AvgIpc) is 3.09. The third-order valence-corrected chi connectivity index (χ3v) is 5.55. The molecule has 2 rings (SSSR count). The number of nitrogens with one attached hydrogen (secondary N) is 1. The smallest absolute Gasteiger partial charge is 0.356 e. The van der Waals surface area contributed by atoms with Crippen molar-refractivity contribution in [3.05, 3.63) is 22.4 Å². The molecule has 0 radical (unpaired) electrons. The summed E-state index contributed by atoms with van der Waals surface area (Å²) in [5.74, 6) is 1.13. The first kappa shape index (κ1) is 22.5. The Morgan fingerprint density at radius 2 is 1.92 bits per heavy atom. The molecular weight excluding hydrogens is 464 g/mol. The maximum Gasteiger partial charge on any atom is 0.403 e. The lowest BCUT2D eigenvalue weighted by Crippen LogP contribution is -2.57. The molecule has 0 aliphatic carbocycles. The SMILES string of the molecule is CN=C(NCC(C)c1cccs1)N1CCN(C(C)C(F)(F)F)CC1.I. The highest BCUT2D eigenvalue weighted by molar-refractivity contribution is 14.0. The van der Waals surface area contributed by atoms with Crippen LogP contribution in [0.3, 0.4) is 0 Å². The Labute approximate surface area is 168 Å². The highest BCUT2D eigenvalue weighted by atomic mass is 127. The second-order valence-corrected chi connectivity index (χ2v) is 7.06. The third kappa shape index (κ3) is 6.28. The zero-order chi connectivity index (χ0) is 17.7. The van der Waals surface area contributed by atoms with Gasteiger partial charge in [-0.05, 0) is 18.4 Å². The molecule has 1 aromatic heterocycles. The van der Waals surface area contributed by atoms with Crippen molar-refractivity contribution < 1.29 is 13.2 Å². The first-order chi connectivity index (χ1) is 11.3. The van der Waals surface area contributed by atoms with Crippen LogP contribution in [0.15, 0.2) is 22.5 Å². The van der Waals surface area contributed by atoms with Crippen molar-refractivity contribution in [1.82, 2.24) is 15.1 Å². The largest absolute Gasteiger partial charge is 0.403 e. The Morgan fingerprint density at radius 1 is 1.28 bits per heavy atom. The fraction of sp³-hybridized carbons (Fsp3) is 0.688. The molecule has 0 spiro atoms. The predicted octanol–water partition coefficient (Wildman–Crippen LogP) is 3.61. The molecule has 144 valence electrons. The Bertz CT molecular complexity index is 528. The van der Waals surface area contributed by atoms with E-state index in [-0.39, 0.29) is 24.0 Å². The summed E-state index contributed by atoms with van der Waals surface area (Å²) in [6.07, 6.45) is -4.17. The lowest BCUT2D eigenvalue weighted by molar-refractivity contribution is -0.181. The van der Waals surface area contributed by atoms with Gasteiger partial charge in [0, 0.05) is 50.6 Å². The van der Waals surface area contributed by atoms with E-state index in [1.165, 1.54) is 16.7 Å². The lowest BCUT2D eigenvalue weighted by atomic mass is 10.1. The maximum atomic E-state index is 12.8. The van der Waals surface area contributed by atoms with Gasteiger partial charge in [-0.3, -0.25) is 9.89 Å². The number of thiophene rings is 1. The fourth-order valence-electron chi connectivity index (χ4n) is 2.78. The van der Waals surface area contributed by atoms with Gasteiger partial charge in [0.15, 0.2) is 5.96 Å². The fourth-order valence-corrected chi connectivity index (χ4v) is 3.56. The Kier molecular flexibility index (Phi) is 8.96. The minimum Gasteiger partial charge on any atom is -0.356 e. The van der Waals surface area contributed by atoms with Gasteiger partial charge in [0.25, 0.3) is 0 Å². The third-order valence-electron chi connectivity index (χ3n) is 4.44. The molecule has 0 amide bonds. The van der Waals surface area contributed by atoms with Crippen molar-refractivity contribution in [1.29, 1.82) is 0 Å². The molecule has 2 atom stereocenters. The number of rotatable bonds is 4. The van der Waals surface area contributed by atoms with Crippen LogP contribution in [0.4, 0.5) is 13.2 Å². The molecule has 4 nitrogen and oxygen atoms in total. The van der Waals surface area contributed by atoms with Crippen LogP contribution in [-0.4, -0.2) is 67.7 Å². The van der Waals surface area contributed by atoms with Gasteiger partial charge in [-0.2, -0.15) is 13.2 Å². The van der Waals surface area contributed by atoms with Crippen LogP contribution >= 0.6 is 35.3 Å². The minimum atomic E-state index is -4.17.